The van der Waals surface area contributed by atoms with Gasteiger partial charge in [-0.05, 0) is 0 Å². The summed E-state index contributed by atoms with van der Waals surface area (Å²) >= 11 is -4.27. The minimum absolute atomic E-state index is 0.666. The number of hydrogen-bond donors (Lipinski definition) is 0. The van der Waals surface area contributed by atoms with E-state index in [9.17, 15) is 2.87 Å². The first-order valence-corrected chi connectivity index (χ1v) is 12.2. The molecule has 0 aliphatic carbocycles. The second-order valence-corrected chi connectivity index (χ2v) is 13.4. The van der Waals surface area contributed by atoms with Crippen LogP contribution in [0, 0.1) is 0 Å². The molecule has 0 spiro atoms. The summed E-state index contributed by atoms with van der Waals surface area (Å²) in [5.41, 5.74) is 0. The number of hydrogen-bond acceptors (Lipinski definition) is 0. The minimum atomic E-state index is -4.27. The Morgan fingerprint density at radius 2 is 1.07 bits per heavy atom. The second-order valence-electron chi connectivity index (χ2n) is 3.31. The maximum atomic E-state index is 14.5. The van der Waals surface area contributed by atoms with Crippen molar-refractivity contribution in [1.29, 1.82) is 0 Å². The fraction of sp³-hybridized carbons (Fsp3) is 0. The number of rotatable bonds is 2. The van der Waals surface area contributed by atoms with E-state index in [0.29, 0.717) is 7.16 Å². The van der Waals surface area contributed by atoms with Gasteiger partial charge in [0, 0.05) is 0 Å². The van der Waals surface area contributed by atoms with Gasteiger partial charge in [-0.3, -0.25) is 0 Å². The van der Waals surface area contributed by atoms with Gasteiger partial charge in [0.1, 0.15) is 0 Å². The van der Waals surface area contributed by atoms with E-state index < -0.39 is 17.8 Å². The van der Waals surface area contributed by atoms with Crippen molar-refractivity contribution in [1.82, 2.24) is 0 Å². The monoisotopic (exact) mass is 328 g/mol. The summed E-state index contributed by atoms with van der Waals surface area (Å²) in [7, 11) is 6.13. The number of halogens is 2. The van der Waals surface area contributed by atoms with Gasteiger partial charge >= 0.3 is 97.4 Å². The SMILES string of the molecule is [F][Sn]([Cl])([c]1ccccc1)[c]1ccccc1. The third-order valence-corrected chi connectivity index (χ3v) is 11.2. The quantitative estimate of drug-likeness (QED) is 0.744. The fourth-order valence-electron chi connectivity index (χ4n) is 1.46. The molecule has 2 aromatic carbocycles. The van der Waals surface area contributed by atoms with E-state index in [2.05, 4.69) is 0 Å². The molecule has 0 bridgehead atoms. The van der Waals surface area contributed by atoms with Gasteiger partial charge in [-0.25, -0.2) is 0 Å². The Hall–Kier alpha value is -0.541. The predicted octanol–water partition coefficient (Wildman–Crippen LogP) is 2.45. The molecule has 76 valence electrons. The van der Waals surface area contributed by atoms with Gasteiger partial charge in [0.2, 0.25) is 0 Å². The van der Waals surface area contributed by atoms with Crippen LogP contribution < -0.4 is 7.16 Å². The molecule has 0 fully saturated rings. The third kappa shape index (κ3) is 2.34. The Bertz CT molecular complexity index is 386. The third-order valence-electron chi connectivity index (χ3n) is 2.27. The predicted molar refractivity (Wildman–Crippen MR) is 64.9 cm³/mol. The van der Waals surface area contributed by atoms with E-state index in [1.807, 2.05) is 36.4 Å². The summed E-state index contributed by atoms with van der Waals surface area (Å²) in [6, 6.07) is 18.1. The summed E-state index contributed by atoms with van der Waals surface area (Å²) in [6.45, 7) is 0. The zero-order chi connectivity index (χ0) is 10.7. The molecule has 0 radical (unpaired) electrons. The van der Waals surface area contributed by atoms with E-state index in [-0.39, 0.29) is 0 Å². The first-order chi connectivity index (χ1) is 7.21. The second kappa shape index (κ2) is 4.54. The molecule has 2 aromatic rings. The van der Waals surface area contributed by atoms with Crippen LogP contribution in [0.4, 0.5) is 2.87 Å². The van der Waals surface area contributed by atoms with E-state index in [1.54, 1.807) is 24.3 Å². The van der Waals surface area contributed by atoms with Crippen molar-refractivity contribution < 1.29 is 2.87 Å². The van der Waals surface area contributed by atoms with Crippen LogP contribution >= 0.6 is 8.92 Å². The Morgan fingerprint density at radius 1 is 0.733 bits per heavy atom. The van der Waals surface area contributed by atoms with E-state index >= 15 is 0 Å². The Morgan fingerprint density at radius 3 is 1.40 bits per heavy atom. The maximum absolute atomic E-state index is 14.5. The molecule has 0 saturated heterocycles. The zero-order valence-corrected chi connectivity index (χ0v) is 11.6. The number of benzene rings is 2. The molecule has 0 aromatic heterocycles. The van der Waals surface area contributed by atoms with Crippen LogP contribution in [-0.2, 0) is 0 Å². The Labute approximate surface area is 97.1 Å². The van der Waals surface area contributed by atoms with Crippen molar-refractivity contribution in [3.05, 3.63) is 60.7 Å². The average molecular weight is 327 g/mol. The molecule has 0 aliphatic heterocycles. The fourth-order valence-corrected chi connectivity index (χ4v) is 7.59. The molecule has 0 N–H and O–H groups in total. The molecule has 0 heterocycles. The van der Waals surface area contributed by atoms with Crippen molar-refractivity contribution in [2.24, 2.45) is 0 Å². The Kier molecular flexibility index (Phi) is 3.31. The molecule has 0 aliphatic rings. The molecule has 0 amide bonds. The van der Waals surface area contributed by atoms with Crippen molar-refractivity contribution in [2.75, 3.05) is 0 Å². The van der Waals surface area contributed by atoms with Crippen LogP contribution in [0.25, 0.3) is 0 Å². The van der Waals surface area contributed by atoms with Crippen molar-refractivity contribution in [3.63, 3.8) is 0 Å². The van der Waals surface area contributed by atoms with E-state index in [0.717, 1.165) is 0 Å². The van der Waals surface area contributed by atoms with Crippen LogP contribution in [0.2, 0.25) is 0 Å². The van der Waals surface area contributed by atoms with Crippen LogP contribution in [0.15, 0.2) is 60.7 Å². The molecule has 3 heteroatoms. The molecule has 15 heavy (non-hydrogen) atoms. The summed E-state index contributed by atoms with van der Waals surface area (Å²) < 4.78 is 15.9. The topological polar surface area (TPSA) is 0 Å². The first kappa shape index (κ1) is 11.0. The van der Waals surface area contributed by atoms with Gasteiger partial charge in [-0.15, -0.1) is 0 Å². The molecule has 0 saturated carbocycles. The van der Waals surface area contributed by atoms with Crippen LogP contribution in [0.5, 0.6) is 0 Å². The van der Waals surface area contributed by atoms with Gasteiger partial charge in [0.25, 0.3) is 0 Å². The van der Waals surface area contributed by atoms with Gasteiger partial charge in [0.15, 0.2) is 0 Å². The van der Waals surface area contributed by atoms with Crippen LogP contribution in [-0.4, -0.2) is 17.8 Å². The zero-order valence-electron chi connectivity index (χ0n) is 8.03. The van der Waals surface area contributed by atoms with Crippen molar-refractivity contribution >= 4 is 33.9 Å². The van der Waals surface area contributed by atoms with Crippen LogP contribution in [0.1, 0.15) is 0 Å². The van der Waals surface area contributed by atoms with Crippen molar-refractivity contribution in [2.45, 2.75) is 0 Å². The summed E-state index contributed by atoms with van der Waals surface area (Å²) in [6.07, 6.45) is 0. The molecule has 2 rings (SSSR count). The molecule has 0 nitrogen and oxygen atoms in total. The molecule has 0 unspecified atom stereocenters. The van der Waals surface area contributed by atoms with Gasteiger partial charge < -0.3 is 0 Å². The average Bonchev–Trinajstić information content (AvgIpc) is 2.31. The van der Waals surface area contributed by atoms with E-state index in [1.165, 1.54) is 0 Å². The standard InChI is InChI=1S/2C6H5.ClH.FH.Sn/c2*1-2-4-6-5-3-1;;;/h2*1-5H;2*1H;/q;;;;+2/p-2. The first-order valence-electron chi connectivity index (χ1n) is 4.70. The molecular weight excluding hydrogens is 317 g/mol. The van der Waals surface area contributed by atoms with Gasteiger partial charge in [-0.2, -0.15) is 0 Å². The molecule has 0 atom stereocenters. The van der Waals surface area contributed by atoms with Crippen LogP contribution in [0.3, 0.4) is 0 Å². The van der Waals surface area contributed by atoms with E-state index in [4.69, 9.17) is 8.92 Å². The molecular formula is C12H10ClFSn. The van der Waals surface area contributed by atoms with Gasteiger partial charge in [0.05, 0.1) is 0 Å². The summed E-state index contributed by atoms with van der Waals surface area (Å²) in [5.74, 6) is 0. The Balaban J connectivity index is 2.44. The summed E-state index contributed by atoms with van der Waals surface area (Å²) in [4.78, 5) is 0. The normalized spacial score (nSPS) is 11.3. The van der Waals surface area contributed by atoms with Crippen molar-refractivity contribution in [3.8, 4) is 0 Å². The van der Waals surface area contributed by atoms with Gasteiger partial charge in [-0.1, -0.05) is 0 Å². The summed E-state index contributed by atoms with van der Waals surface area (Å²) in [5, 5.41) is 0.